The first kappa shape index (κ1) is 17.0. The number of hydrogen-bond donors (Lipinski definition) is 1. The molecule has 0 saturated carbocycles. The minimum absolute atomic E-state index is 0.124. The molecule has 2 N–H and O–H groups in total. The van der Waals surface area contributed by atoms with Crippen molar-refractivity contribution in [3.63, 3.8) is 0 Å². The molecular formula is C15H25NO3S. The highest BCUT2D eigenvalue weighted by atomic mass is 32.2. The summed E-state index contributed by atoms with van der Waals surface area (Å²) in [7, 11) is -3.69. The van der Waals surface area contributed by atoms with Crippen molar-refractivity contribution in [1.82, 2.24) is 0 Å². The molecule has 0 aromatic heterocycles. The van der Waals surface area contributed by atoms with Crippen LogP contribution in [0.5, 0.6) is 5.75 Å². The van der Waals surface area contributed by atoms with E-state index in [2.05, 4.69) is 13.8 Å². The van der Waals surface area contributed by atoms with Crippen LogP contribution in [0.4, 0.5) is 0 Å². The summed E-state index contributed by atoms with van der Waals surface area (Å²) in [6.45, 7) is 10.9. The summed E-state index contributed by atoms with van der Waals surface area (Å²) in [6.07, 6.45) is 0.959. The zero-order chi connectivity index (χ0) is 15.6. The smallest absolute Gasteiger partial charge is 0.238 e. The monoisotopic (exact) mass is 299 g/mol. The maximum atomic E-state index is 11.5. The van der Waals surface area contributed by atoms with E-state index in [4.69, 9.17) is 9.88 Å². The number of nitrogens with two attached hydrogens (primary N) is 1. The van der Waals surface area contributed by atoms with Crippen LogP contribution < -0.4 is 9.88 Å². The second-order valence-electron chi connectivity index (χ2n) is 6.48. The predicted octanol–water partition coefficient (Wildman–Crippen LogP) is 3.06. The molecule has 0 amide bonds. The molecule has 0 aliphatic carbocycles. The predicted molar refractivity (Wildman–Crippen MR) is 81.5 cm³/mol. The van der Waals surface area contributed by atoms with E-state index in [-0.39, 0.29) is 10.3 Å². The molecule has 114 valence electrons. The normalized spacial score (nSPS) is 12.8. The van der Waals surface area contributed by atoms with Gasteiger partial charge in [0.25, 0.3) is 0 Å². The van der Waals surface area contributed by atoms with Gasteiger partial charge in [0.1, 0.15) is 5.75 Å². The lowest BCUT2D eigenvalue weighted by atomic mass is 9.86. The van der Waals surface area contributed by atoms with Gasteiger partial charge < -0.3 is 4.74 Å². The topological polar surface area (TPSA) is 69.4 Å². The lowest BCUT2D eigenvalue weighted by Gasteiger charge is -2.23. The van der Waals surface area contributed by atoms with Gasteiger partial charge in [0, 0.05) is 5.56 Å². The molecule has 1 rings (SSSR count). The van der Waals surface area contributed by atoms with Gasteiger partial charge in [-0.15, -0.1) is 0 Å². The molecule has 5 heteroatoms. The summed E-state index contributed by atoms with van der Waals surface area (Å²) in [6, 6.07) is 4.80. The molecule has 0 spiro atoms. The van der Waals surface area contributed by atoms with Crippen molar-refractivity contribution in [3.05, 3.63) is 23.8 Å². The summed E-state index contributed by atoms with van der Waals surface area (Å²) in [4.78, 5) is 0.124. The molecule has 0 atom stereocenters. The van der Waals surface area contributed by atoms with Gasteiger partial charge >= 0.3 is 0 Å². The average Bonchev–Trinajstić information content (AvgIpc) is 2.25. The zero-order valence-electron chi connectivity index (χ0n) is 12.9. The van der Waals surface area contributed by atoms with Crippen LogP contribution in [0.3, 0.4) is 0 Å². The van der Waals surface area contributed by atoms with Crippen molar-refractivity contribution < 1.29 is 13.2 Å². The Balaban J connectivity index is 3.12. The molecule has 0 aliphatic heterocycles. The highest BCUT2D eigenvalue weighted by molar-refractivity contribution is 7.89. The minimum atomic E-state index is -3.69. The summed E-state index contributed by atoms with van der Waals surface area (Å²) >= 11 is 0. The van der Waals surface area contributed by atoms with Crippen molar-refractivity contribution in [1.29, 1.82) is 0 Å². The van der Waals surface area contributed by atoms with E-state index in [0.717, 1.165) is 17.7 Å². The Morgan fingerprint density at radius 3 is 2.30 bits per heavy atom. The van der Waals surface area contributed by atoms with Gasteiger partial charge in [-0.3, -0.25) is 0 Å². The number of sulfonamides is 1. The Bertz CT molecular complexity index is 557. The minimum Gasteiger partial charge on any atom is -0.493 e. The lowest BCUT2D eigenvalue weighted by molar-refractivity contribution is 0.282. The van der Waals surface area contributed by atoms with Crippen molar-refractivity contribution in [2.24, 2.45) is 11.1 Å². The van der Waals surface area contributed by atoms with E-state index >= 15 is 0 Å². The first-order valence-electron chi connectivity index (χ1n) is 6.82. The standard InChI is InChI=1S/C15H25NO3S/c1-11(2)8-9-19-14-7-6-12(20(16,17)18)10-13(14)15(3,4)5/h6-7,10-11H,8-9H2,1-5H3,(H2,16,17,18). The quantitative estimate of drug-likeness (QED) is 0.908. The summed E-state index contributed by atoms with van der Waals surface area (Å²) < 4.78 is 28.7. The van der Waals surface area contributed by atoms with E-state index in [1.54, 1.807) is 12.1 Å². The molecule has 0 saturated heterocycles. The van der Waals surface area contributed by atoms with Gasteiger partial charge in [-0.05, 0) is 36.0 Å². The summed E-state index contributed by atoms with van der Waals surface area (Å²) in [5.41, 5.74) is 0.640. The Morgan fingerprint density at radius 1 is 1.25 bits per heavy atom. The lowest BCUT2D eigenvalue weighted by Crippen LogP contribution is -2.17. The Hall–Kier alpha value is -1.07. The molecule has 0 fully saturated rings. The number of primary sulfonamides is 1. The van der Waals surface area contributed by atoms with Gasteiger partial charge in [0.15, 0.2) is 0 Å². The van der Waals surface area contributed by atoms with Gasteiger partial charge in [-0.1, -0.05) is 34.6 Å². The summed E-state index contributed by atoms with van der Waals surface area (Å²) in [5, 5.41) is 5.19. The third-order valence-corrected chi connectivity index (χ3v) is 3.95. The SMILES string of the molecule is CC(C)CCOc1ccc(S(N)(=O)=O)cc1C(C)(C)C. The van der Waals surface area contributed by atoms with Gasteiger partial charge in [-0.25, -0.2) is 13.6 Å². The Morgan fingerprint density at radius 2 is 1.85 bits per heavy atom. The zero-order valence-corrected chi connectivity index (χ0v) is 13.8. The second-order valence-corrected chi connectivity index (χ2v) is 8.05. The molecular weight excluding hydrogens is 274 g/mol. The fourth-order valence-corrected chi connectivity index (χ4v) is 2.34. The maximum absolute atomic E-state index is 11.5. The molecule has 0 aliphatic rings. The van der Waals surface area contributed by atoms with E-state index in [1.165, 1.54) is 6.07 Å². The molecule has 0 radical (unpaired) electrons. The van der Waals surface area contributed by atoms with Crippen LogP contribution >= 0.6 is 0 Å². The van der Waals surface area contributed by atoms with Crippen LogP contribution in [-0.2, 0) is 15.4 Å². The van der Waals surface area contributed by atoms with E-state index in [9.17, 15) is 8.42 Å². The molecule has 0 heterocycles. The first-order valence-corrected chi connectivity index (χ1v) is 8.36. The van der Waals surface area contributed by atoms with Crippen molar-refractivity contribution in [2.45, 2.75) is 51.3 Å². The van der Waals surface area contributed by atoms with Crippen molar-refractivity contribution in [3.8, 4) is 5.75 Å². The molecule has 0 bridgehead atoms. The van der Waals surface area contributed by atoms with Crippen LogP contribution in [0.2, 0.25) is 0 Å². The number of benzene rings is 1. The highest BCUT2D eigenvalue weighted by Crippen LogP contribution is 2.33. The number of ether oxygens (including phenoxy) is 1. The molecule has 0 unspecified atom stereocenters. The van der Waals surface area contributed by atoms with Crippen LogP contribution in [0.25, 0.3) is 0 Å². The molecule has 1 aromatic carbocycles. The molecule has 20 heavy (non-hydrogen) atoms. The average molecular weight is 299 g/mol. The number of hydrogen-bond acceptors (Lipinski definition) is 3. The van der Waals surface area contributed by atoms with E-state index in [1.807, 2.05) is 20.8 Å². The highest BCUT2D eigenvalue weighted by Gasteiger charge is 2.22. The van der Waals surface area contributed by atoms with Crippen molar-refractivity contribution in [2.75, 3.05) is 6.61 Å². The largest absolute Gasteiger partial charge is 0.493 e. The first-order chi connectivity index (χ1) is 9.01. The third-order valence-electron chi connectivity index (χ3n) is 3.04. The van der Waals surface area contributed by atoms with Crippen molar-refractivity contribution >= 4 is 10.0 Å². The van der Waals surface area contributed by atoms with Crippen LogP contribution in [-0.4, -0.2) is 15.0 Å². The Kier molecular flexibility index (Phi) is 5.21. The van der Waals surface area contributed by atoms with Gasteiger partial charge in [-0.2, -0.15) is 0 Å². The fraction of sp³-hybridized carbons (Fsp3) is 0.600. The summed E-state index contributed by atoms with van der Waals surface area (Å²) in [5.74, 6) is 1.29. The van der Waals surface area contributed by atoms with Gasteiger partial charge in [0.2, 0.25) is 10.0 Å². The number of rotatable bonds is 5. The second kappa shape index (κ2) is 6.14. The third kappa shape index (κ3) is 4.80. The molecule has 4 nitrogen and oxygen atoms in total. The van der Waals surface area contributed by atoms with E-state index in [0.29, 0.717) is 12.5 Å². The Labute approximate surface area is 122 Å². The van der Waals surface area contributed by atoms with Crippen LogP contribution in [0.15, 0.2) is 23.1 Å². The van der Waals surface area contributed by atoms with Crippen LogP contribution in [0.1, 0.15) is 46.6 Å². The van der Waals surface area contributed by atoms with Crippen LogP contribution in [0, 0.1) is 5.92 Å². The van der Waals surface area contributed by atoms with E-state index < -0.39 is 10.0 Å². The maximum Gasteiger partial charge on any atom is 0.238 e. The fourth-order valence-electron chi connectivity index (χ4n) is 1.80. The molecule has 1 aromatic rings. The van der Waals surface area contributed by atoms with Gasteiger partial charge in [0.05, 0.1) is 11.5 Å².